The molecule has 1 heterocycles. The molecule has 0 bridgehead atoms. The van der Waals surface area contributed by atoms with Crippen LogP contribution in [0.2, 0.25) is 5.02 Å². The van der Waals surface area contributed by atoms with Gasteiger partial charge in [-0.2, -0.15) is 0 Å². The summed E-state index contributed by atoms with van der Waals surface area (Å²) >= 11 is 8.03. The van der Waals surface area contributed by atoms with Gasteiger partial charge in [-0.25, -0.2) is 4.98 Å². The molecule has 4 heteroatoms. The van der Waals surface area contributed by atoms with Gasteiger partial charge in [0.25, 0.3) is 0 Å². The molecule has 96 valence electrons. The molecular formula is C14H17ClN2S. The minimum atomic E-state index is 0.793. The van der Waals surface area contributed by atoms with Crippen LogP contribution in [0.1, 0.15) is 18.9 Å². The van der Waals surface area contributed by atoms with E-state index in [4.69, 9.17) is 11.6 Å². The lowest BCUT2D eigenvalue weighted by Crippen LogP contribution is -2.22. The van der Waals surface area contributed by atoms with Crippen molar-refractivity contribution in [2.75, 3.05) is 18.0 Å². The summed E-state index contributed by atoms with van der Waals surface area (Å²) in [6.45, 7) is 8.21. The third kappa shape index (κ3) is 2.68. The van der Waals surface area contributed by atoms with Crippen molar-refractivity contribution in [2.45, 2.75) is 20.8 Å². The van der Waals surface area contributed by atoms with Crippen LogP contribution in [0.3, 0.4) is 0 Å². The van der Waals surface area contributed by atoms with E-state index in [1.165, 1.54) is 0 Å². The van der Waals surface area contributed by atoms with Crippen LogP contribution in [0, 0.1) is 6.92 Å². The Morgan fingerprint density at radius 3 is 2.50 bits per heavy atom. The van der Waals surface area contributed by atoms with Gasteiger partial charge >= 0.3 is 0 Å². The van der Waals surface area contributed by atoms with Crippen molar-refractivity contribution in [3.05, 3.63) is 33.6 Å². The first-order valence-electron chi connectivity index (χ1n) is 6.12. The van der Waals surface area contributed by atoms with Crippen LogP contribution in [0.15, 0.2) is 23.6 Å². The molecule has 0 saturated heterocycles. The highest BCUT2D eigenvalue weighted by molar-refractivity contribution is 7.09. The zero-order valence-corrected chi connectivity index (χ0v) is 12.5. The van der Waals surface area contributed by atoms with Crippen molar-refractivity contribution >= 4 is 28.6 Å². The molecule has 0 aliphatic rings. The molecule has 0 atom stereocenters. The summed E-state index contributed by atoms with van der Waals surface area (Å²) in [6.07, 6.45) is 0. The first-order valence-corrected chi connectivity index (χ1v) is 7.38. The smallest absolute Gasteiger partial charge is 0.0901 e. The van der Waals surface area contributed by atoms with Crippen LogP contribution < -0.4 is 4.90 Å². The average molecular weight is 281 g/mol. The van der Waals surface area contributed by atoms with E-state index < -0.39 is 0 Å². The molecule has 0 aliphatic heterocycles. The van der Waals surface area contributed by atoms with Gasteiger partial charge in [0.15, 0.2) is 0 Å². The fourth-order valence-electron chi connectivity index (χ4n) is 1.98. The number of anilines is 1. The number of nitrogens with zero attached hydrogens (tertiary/aromatic N) is 2. The number of halogens is 1. The lowest BCUT2D eigenvalue weighted by molar-refractivity contribution is 0.866. The Morgan fingerprint density at radius 2 is 2.00 bits per heavy atom. The molecule has 0 amide bonds. The number of thiazole rings is 1. The van der Waals surface area contributed by atoms with E-state index in [1.807, 2.05) is 13.0 Å². The predicted molar refractivity (Wildman–Crippen MR) is 80.9 cm³/mol. The summed E-state index contributed by atoms with van der Waals surface area (Å²) in [6, 6.07) is 6.18. The first kappa shape index (κ1) is 13.4. The van der Waals surface area contributed by atoms with Crippen LogP contribution in [0.25, 0.3) is 11.3 Å². The molecule has 0 saturated carbocycles. The monoisotopic (exact) mass is 280 g/mol. The highest BCUT2D eigenvalue weighted by Crippen LogP contribution is 2.31. The maximum atomic E-state index is 6.37. The molecule has 18 heavy (non-hydrogen) atoms. The third-order valence-electron chi connectivity index (χ3n) is 2.97. The summed E-state index contributed by atoms with van der Waals surface area (Å²) in [7, 11) is 0. The van der Waals surface area contributed by atoms with Crippen molar-refractivity contribution in [2.24, 2.45) is 0 Å². The summed E-state index contributed by atoms with van der Waals surface area (Å²) in [4.78, 5) is 6.73. The minimum absolute atomic E-state index is 0.793. The van der Waals surface area contributed by atoms with E-state index in [0.717, 1.165) is 40.1 Å². The van der Waals surface area contributed by atoms with Crippen LogP contribution >= 0.6 is 22.9 Å². The Hall–Kier alpha value is -1.06. The Morgan fingerprint density at radius 1 is 1.28 bits per heavy atom. The lowest BCUT2D eigenvalue weighted by Gasteiger charge is -2.22. The van der Waals surface area contributed by atoms with Crippen LogP contribution in [-0.4, -0.2) is 18.1 Å². The molecule has 0 unspecified atom stereocenters. The number of aryl methyl sites for hydroxylation is 1. The molecule has 0 fully saturated rings. The van der Waals surface area contributed by atoms with Crippen LogP contribution in [0.5, 0.6) is 0 Å². The Balaban J connectivity index is 2.35. The van der Waals surface area contributed by atoms with E-state index in [9.17, 15) is 0 Å². The fraction of sp³-hybridized carbons (Fsp3) is 0.357. The molecule has 1 aromatic heterocycles. The molecule has 1 aromatic carbocycles. The van der Waals surface area contributed by atoms with Crippen LogP contribution in [-0.2, 0) is 0 Å². The van der Waals surface area contributed by atoms with E-state index in [1.54, 1.807) is 11.3 Å². The van der Waals surface area contributed by atoms with Gasteiger partial charge in [0, 0.05) is 24.0 Å². The highest BCUT2D eigenvalue weighted by Gasteiger charge is 2.09. The second kappa shape index (κ2) is 5.72. The quantitative estimate of drug-likeness (QED) is 0.812. The van der Waals surface area contributed by atoms with Crippen molar-refractivity contribution in [1.29, 1.82) is 0 Å². The maximum Gasteiger partial charge on any atom is 0.0901 e. The van der Waals surface area contributed by atoms with Gasteiger partial charge < -0.3 is 4.90 Å². The number of hydrogen-bond donors (Lipinski definition) is 0. The van der Waals surface area contributed by atoms with Gasteiger partial charge in [-0.1, -0.05) is 17.7 Å². The topological polar surface area (TPSA) is 16.1 Å². The second-order valence-electron chi connectivity index (χ2n) is 4.09. The van der Waals surface area contributed by atoms with Gasteiger partial charge in [-0.15, -0.1) is 11.3 Å². The fourth-order valence-corrected chi connectivity index (χ4v) is 2.91. The van der Waals surface area contributed by atoms with E-state index in [0.29, 0.717) is 0 Å². The normalized spacial score (nSPS) is 10.7. The molecule has 0 spiro atoms. The maximum absolute atomic E-state index is 6.37. The minimum Gasteiger partial charge on any atom is -0.371 e. The van der Waals surface area contributed by atoms with Crippen molar-refractivity contribution in [3.8, 4) is 11.3 Å². The Bertz CT molecular complexity index is 532. The molecule has 0 aliphatic carbocycles. The SMILES string of the molecule is CCN(CC)c1ccc(-c2csc(C)n2)cc1Cl. The molecule has 2 nitrogen and oxygen atoms in total. The number of rotatable bonds is 4. The highest BCUT2D eigenvalue weighted by atomic mass is 35.5. The van der Waals surface area contributed by atoms with Crippen molar-refractivity contribution in [1.82, 2.24) is 4.98 Å². The van der Waals surface area contributed by atoms with Crippen molar-refractivity contribution in [3.63, 3.8) is 0 Å². The molecular weight excluding hydrogens is 264 g/mol. The van der Waals surface area contributed by atoms with Gasteiger partial charge in [-0.05, 0) is 32.9 Å². The lowest BCUT2D eigenvalue weighted by atomic mass is 10.1. The Kier molecular flexibility index (Phi) is 4.25. The third-order valence-corrected chi connectivity index (χ3v) is 4.04. The summed E-state index contributed by atoms with van der Waals surface area (Å²) < 4.78 is 0. The Labute approximate surface area is 117 Å². The average Bonchev–Trinajstić information content (AvgIpc) is 2.79. The first-order chi connectivity index (χ1) is 8.65. The number of aromatic nitrogens is 1. The number of benzene rings is 1. The largest absolute Gasteiger partial charge is 0.371 e. The summed E-state index contributed by atoms with van der Waals surface area (Å²) in [5.74, 6) is 0. The molecule has 0 radical (unpaired) electrons. The molecule has 2 aromatic rings. The van der Waals surface area contributed by atoms with E-state index in [-0.39, 0.29) is 0 Å². The zero-order chi connectivity index (χ0) is 13.1. The van der Waals surface area contributed by atoms with Crippen LogP contribution in [0.4, 0.5) is 5.69 Å². The predicted octanol–water partition coefficient (Wildman–Crippen LogP) is 4.62. The van der Waals surface area contributed by atoms with Gasteiger partial charge in [-0.3, -0.25) is 0 Å². The number of hydrogen-bond acceptors (Lipinski definition) is 3. The summed E-state index contributed by atoms with van der Waals surface area (Å²) in [5.41, 5.74) is 3.18. The van der Waals surface area contributed by atoms with Crippen molar-refractivity contribution < 1.29 is 0 Å². The van der Waals surface area contributed by atoms with Gasteiger partial charge in [0.1, 0.15) is 0 Å². The van der Waals surface area contributed by atoms with E-state index in [2.05, 4.69) is 41.2 Å². The van der Waals surface area contributed by atoms with Gasteiger partial charge in [0.2, 0.25) is 0 Å². The van der Waals surface area contributed by atoms with E-state index >= 15 is 0 Å². The van der Waals surface area contributed by atoms with Gasteiger partial charge in [0.05, 0.1) is 21.4 Å². The zero-order valence-electron chi connectivity index (χ0n) is 10.9. The second-order valence-corrected chi connectivity index (χ2v) is 5.56. The standard InChI is InChI=1S/C14H17ClN2S/c1-4-17(5-2)14-7-6-11(8-12(14)15)13-9-18-10(3)16-13/h6-9H,4-5H2,1-3H3. The molecule has 0 N–H and O–H groups in total. The summed E-state index contributed by atoms with van der Waals surface area (Å²) in [5, 5.41) is 3.94. The molecule has 2 rings (SSSR count).